The van der Waals surface area contributed by atoms with Crippen LogP contribution in [0.4, 0.5) is 4.79 Å². The number of amides is 1. The Kier molecular flexibility index (Phi) is 5.51. The molecule has 0 saturated carbocycles. The summed E-state index contributed by atoms with van der Waals surface area (Å²) >= 11 is 0. The van der Waals surface area contributed by atoms with Gasteiger partial charge in [0, 0.05) is 0 Å². The maximum absolute atomic E-state index is 10.5. The summed E-state index contributed by atoms with van der Waals surface area (Å²) < 4.78 is 4.98. The molecule has 0 aliphatic heterocycles. The topological polar surface area (TPSA) is 52.3 Å². The third kappa shape index (κ3) is 4.21. The summed E-state index contributed by atoms with van der Waals surface area (Å²) in [5.74, 6) is 0.400. The Balaban J connectivity index is 3.93. The van der Waals surface area contributed by atoms with Gasteiger partial charge in [-0.3, -0.25) is 0 Å². The summed E-state index contributed by atoms with van der Waals surface area (Å²) in [4.78, 5) is 10.5. The minimum Gasteiger partial charge on any atom is -0.446 e. The summed E-state index contributed by atoms with van der Waals surface area (Å²) in [5.41, 5.74) is 4.95. The number of hydrogen-bond donors (Lipinski definition) is 1. The van der Waals surface area contributed by atoms with E-state index in [1.54, 1.807) is 0 Å². The molecule has 3 heteroatoms. The van der Waals surface area contributed by atoms with Crippen molar-refractivity contribution in [2.75, 3.05) is 0 Å². The molecule has 0 fully saturated rings. The molecule has 1 amide bonds. The standard InChI is InChI=1S/C9H19NO2/c1-4-6-8(7(3)5-2)12-9(10)11/h7-8H,4-6H2,1-3H3,(H2,10,11). The number of carbonyl (C=O) groups excluding carboxylic acids is 1. The van der Waals surface area contributed by atoms with Crippen LogP contribution in [0.25, 0.3) is 0 Å². The smallest absolute Gasteiger partial charge is 0.404 e. The Morgan fingerprint density at radius 2 is 2.08 bits per heavy atom. The van der Waals surface area contributed by atoms with E-state index >= 15 is 0 Å². The first-order valence-electron chi connectivity index (χ1n) is 4.57. The molecule has 0 rings (SSSR count). The first kappa shape index (κ1) is 11.3. The molecule has 0 aromatic carbocycles. The Morgan fingerprint density at radius 1 is 1.50 bits per heavy atom. The Labute approximate surface area is 74.3 Å². The zero-order valence-corrected chi connectivity index (χ0v) is 8.17. The molecule has 0 aliphatic rings. The van der Waals surface area contributed by atoms with Gasteiger partial charge in [0.15, 0.2) is 0 Å². The second-order valence-electron chi connectivity index (χ2n) is 3.15. The molecule has 2 N–H and O–H groups in total. The van der Waals surface area contributed by atoms with Crippen molar-refractivity contribution in [3.05, 3.63) is 0 Å². The highest BCUT2D eigenvalue weighted by atomic mass is 16.6. The van der Waals surface area contributed by atoms with Gasteiger partial charge in [-0.1, -0.05) is 33.6 Å². The lowest BCUT2D eigenvalue weighted by Gasteiger charge is -2.21. The van der Waals surface area contributed by atoms with Gasteiger partial charge in [0.2, 0.25) is 0 Å². The van der Waals surface area contributed by atoms with Crippen LogP contribution in [-0.4, -0.2) is 12.2 Å². The van der Waals surface area contributed by atoms with Crippen LogP contribution in [0.3, 0.4) is 0 Å². The van der Waals surface area contributed by atoms with E-state index in [1.807, 2.05) is 0 Å². The van der Waals surface area contributed by atoms with Gasteiger partial charge in [-0.25, -0.2) is 4.79 Å². The lowest BCUT2D eigenvalue weighted by atomic mass is 9.98. The number of primary amides is 1. The molecule has 0 aromatic heterocycles. The van der Waals surface area contributed by atoms with Gasteiger partial charge in [-0.15, -0.1) is 0 Å². The van der Waals surface area contributed by atoms with Crippen LogP contribution in [0, 0.1) is 5.92 Å². The molecule has 0 aliphatic carbocycles. The van der Waals surface area contributed by atoms with Crippen molar-refractivity contribution in [3.63, 3.8) is 0 Å². The Bertz CT molecular complexity index is 136. The van der Waals surface area contributed by atoms with Crippen LogP contribution in [0.2, 0.25) is 0 Å². The Morgan fingerprint density at radius 3 is 2.42 bits per heavy atom. The Hall–Kier alpha value is -0.730. The van der Waals surface area contributed by atoms with E-state index in [2.05, 4.69) is 20.8 Å². The van der Waals surface area contributed by atoms with Crippen LogP contribution in [-0.2, 0) is 4.74 Å². The van der Waals surface area contributed by atoms with Crippen molar-refractivity contribution in [1.82, 2.24) is 0 Å². The molecule has 0 heterocycles. The summed E-state index contributed by atoms with van der Waals surface area (Å²) in [6.45, 7) is 6.22. The van der Waals surface area contributed by atoms with E-state index < -0.39 is 6.09 Å². The van der Waals surface area contributed by atoms with Gasteiger partial charge in [-0.2, -0.15) is 0 Å². The molecule has 0 saturated heterocycles. The normalized spacial score (nSPS) is 15.2. The molecule has 2 unspecified atom stereocenters. The summed E-state index contributed by atoms with van der Waals surface area (Å²) in [6, 6.07) is 0. The number of ether oxygens (including phenoxy) is 1. The zero-order chi connectivity index (χ0) is 9.56. The minimum atomic E-state index is -0.659. The molecule has 2 atom stereocenters. The second-order valence-corrected chi connectivity index (χ2v) is 3.15. The van der Waals surface area contributed by atoms with Crippen LogP contribution >= 0.6 is 0 Å². The first-order chi connectivity index (χ1) is 5.61. The van der Waals surface area contributed by atoms with Crippen LogP contribution in [0.15, 0.2) is 0 Å². The largest absolute Gasteiger partial charge is 0.446 e. The molecule has 0 bridgehead atoms. The van der Waals surface area contributed by atoms with Crippen molar-refractivity contribution < 1.29 is 9.53 Å². The van der Waals surface area contributed by atoms with Crippen molar-refractivity contribution >= 4 is 6.09 Å². The number of rotatable bonds is 5. The molecule has 0 radical (unpaired) electrons. The highest BCUT2D eigenvalue weighted by Crippen LogP contribution is 2.16. The molecule has 0 spiro atoms. The van der Waals surface area contributed by atoms with E-state index in [0.29, 0.717) is 5.92 Å². The SMILES string of the molecule is CCCC(OC(N)=O)C(C)CC. The minimum absolute atomic E-state index is 0.00231. The monoisotopic (exact) mass is 173 g/mol. The third-order valence-electron chi connectivity index (χ3n) is 2.12. The number of hydrogen-bond acceptors (Lipinski definition) is 2. The van der Waals surface area contributed by atoms with Crippen LogP contribution < -0.4 is 5.73 Å². The quantitative estimate of drug-likeness (QED) is 0.693. The average molecular weight is 173 g/mol. The lowest BCUT2D eigenvalue weighted by molar-refractivity contribution is 0.0661. The molecular weight excluding hydrogens is 154 g/mol. The molecule has 72 valence electrons. The molecule has 3 nitrogen and oxygen atoms in total. The van der Waals surface area contributed by atoms with Crippen molar-refractivity contribution in [1.29, 1.82) is 0 Å². The fraction of sp³-hybridized carbons (Fsp3) is 0.889. The number of nitrogens with two attached hydrogens (primary N) is 1. The number of carbonyl (C=O) groups is 1. The fourth-order valence-electron chi connectivity index (χ4n) is 1.16. The molecule has 12 heavy (non-hydrogen) atoms. The van der Waals surface area contributed by atoms with E-state index in [9.17, 15) is 4.79 Å². The van der Waals surface area contributed by atoms with Gasteiger partial charge < -0.3 is 10.5 Å². The van der Waals surface area contributed by atoms with Gasteiger partial charge in [0.25, 0.3) is 0 Å². The third-order valence-corrected chi connectivity index (χ3v) is 2.12. The predicted molar refractivity (Wildman–Crippen MR) is 48.8 cm³/mol. The predicted octanol–water partition coefficient (Wildman–Crippen LogP) is 2.30. The highest BCUT2D eigenvalue weighted by molar-refractivity contribution is 5.64. The maximum Gasteiger partial charge on any atom is 0.404 e. The lowest BCUT2D eigenvalue weighted by Crippen LogP contribution is -2.27. The molecular formula is C9H19NO2. The summed E-state index contributed by atoms with van der Waals surface area (Å²) in [6.07, 6.45) is 2.27. The van der Waals surface area contributed by atoms with Crippen LogP contribution in [0.5, 0.6) is 0 Å². The van der Waals surface area contributed by atoms with Gasteiger partial charge in [0.05, 0.1) is 0 Å². The van der Waals surface area contributed by atoms with E-state index in [-0.39, 0.29) is 6.10 Å². The van der Waals surface area contributed by atoms with E-state index in [0.717, 1.165) is 19.3 Å². The van der Waals surface area contributed by atoms with Crippen LogP contribution in [0.1, 0.15) is 40.0 Å². The van der Waals surface area contributed by atoms with Gasteiger partial charge in [0.1, 0.15) is 6.10 Å². The van der Waals surface area contributed by atoms with E-state index in [1.165, 1.54) is 0 Å². The average Bonchev–Trinajstić information content (AvgIpc) is 2.01. The molecule has 0 aromatic rings. The fourth-order valence-corrected chi connectivity index (χ4v) is 1.16. The zero-order valence-electron chi connectivity index (χ0n) is 8.17. The summed E-state index contributed by atoms with van der Waals surface area (Å²) in [5, 5.41) is 0. The second kappa shape index (κ2) is 5.86. The highest BCUT2D eigenvalue weighted by Gasteiger charge is 2.17. The first-order valence-corrected chi connectivity index (χ1v) is 4.57. The van der Waals surface area contributed by atoms with Crippen molar-refractivity contribution in [2.24, 2.45) is 11.7 Å². The van der Waals surface area contributed by atoms with Crippen molar-refractivity contribution in [3.8, 4) is 0 Å². The maximum atomic E-state index is 10.5. The summed E-state index contributed by atoms with van der Waals surface area (Å²) in [7, 11) is 0. The van der Waals surface area contributed by atoms with Gasteiger partial charge in [-0.05, 0) is 12.3 Å². The van der Waals surface area contributed by atoms with Crippen molar-refractivity contribution in [2.45, 2.75) is 46.1 Å². The van der Waals surface area contributed by atoms with Gasteiger partial charge >= 0.3 is 6.09 Å². The van der Waals surface area contributed by atoms with E-state index in [4.69, 9.17) is 10.5 Å².